The second-order valence-electron chi connectivity index (χ2n) is 4.85. The van der Waals surface area contributed by atoms with E-state index < -0.39 is 5.97 Å². The second-order valence-corrected chi connectivity index (χ2v) is 5.25. The predicted molar refractivity (Wildman–Crippen MR) is 79.0 cm³/mol. The van der Waals surface area contributed by atoms with E-state index >= 15 is 0 Å². The van der Waals surface area contributed by atoms with Gasteiger partial charge in [0.2, 0.25) is 0 Å². The average Bonchev–Trinajstić information content (AvgIpc) is 3.25. The summed E-state index contributed by atoms with van der Waals surface area (Å²) < 4.78 is 5.00. The van der Waals surface area contributed by atoms with Gasteiger partial charge < -0.3 is 20.1 Å². The van der Waals surface area contributed by atoms with Gasteiger partial charge in [-0.1, -0.05) is 11.6 Å². The number of carbonyl (C=O) groups excluding carboxylic acids is 1. The van der Waals surface area contributed by atoms with Crippen LogP contribution in [0.3, 0.4) is 0 Å². The Morgan fingerprint density at radius 3 is 2.76 bits per heavy atom. The van der Waals surface area contributed by atoms with Gasteiger partial charge in [-0.05, 0) is 31.0 Å². The van der Waals surface area contributed by atoms with Crippen LogP contribution in [-0.4, -0.2) is 48.3 Å². The van der Waals surface area contributed by atoms with Crippen LogP contribution in [0, 0.1) is 0 Å². The SMILES string of the molecule is COCCN(C(=O)Nc1ccc(Cl)c(C(=O)O)c1)C1CC1. The Hall–Kier alpha value is -1.79. The minimum absolute atomic E-state index is 0.0377. The number of hydrogen-bond donors (Lipinski definition) is 2. The minimum atomic E-state index is -1.13. The first-order chi connectivity index (χ1) is 10.0. The number of carbonyl (C=O) groups is 2. The second kappa shape index (κ2) is 6.78. The van der Waals surface area contributed by atoms with Crippen molar-refractivity contribution in [3.8, 4) is 0 Å². The fourth-order valence-corrected chi connectivity index (χ4v) is 2.19. The molecule has 1 saturated carbocycles. The summed E-state index contributed by atoms with van der Waals surface area (Å²) in [4.78, 5) is 25.0. The molecule has 0 radical (unpaired) electrons. The molecule has 1 aromatic carbocycles. The molecule has 6 nitrogen and oxygen atoms in total. The van der Waals surface area contributed by atoms with Gasteiger partial charge in [0.05, 0.1) is 17.2 Å². The van der Waals surface area contributed by atoms with Crippen LogP contribution < -0.4 is 5.32 Å². The van der Waals surface area contributed by atoms with Crippen molar-refractivity contribution in [3.63, 3.8) is 0 Å². The third-order valence-electron chi connectivity index (χ3n) is 3.23. The summed E-state index contributed by atoms with van der Waals surface area (Å²) in [6.07, 6.45) is 1.97. The number of carboxylic acid groups (broad SMARTS) is 1. The predicted octanol–water partition coefficient (Wildman–Crippen LogP) is 2.68. The highest BCUT2D eigenvalue weighted by molar-refractivity contribution is 6.33. The zero-order valence-electron chi connectivity index (χ0n) is 11.6. The lowest BCUT2D eigenvalue weighted by Crippen LogP contribution is -2.39. The highest BCUT2D eigenvalue weighted by atomic mass is 35.5. The number of carboxylic acids is 1. The summed E-state index contributed by atoms with van der Waals surface area (Å²) in [6.45, 7) is 0.970. The van der Waals surface area contributed by atoms with Crippen LogP contribution in [0.2, 0.25) is 5.02 Å². The van der Waals surface area contributed by atoms with Crippen LogP contribution in [0.4, 0.5) is 10.5 Å². The molecule has 0 aromatic heterocycles. The highest BCUT2D eigenvalue weighted by Crippen LogP contribution is 2.27. The normalized spacial score (nSPS) is 13.8. The maximum Gasteiger partial charge on any atom is 0.337 e. The van der Waals surface area contributed by atoms with Crippen molar-refractivity contribution in [3.05, 3.63) is 28.8 Å². The van der Waals surface area contributed by atoms with Gasteiger partial charge in [0.1, 0.15) is 0 Å². The van der Waals surface area contributed by atoms with Crippen LogP contribution in [0.25, 0.3) is 0 Å². The van der Waals surface area contributed by atoms with E-state index in [9.17, 15) is 9.59 Å². The standard InChI is InChI=1S/C14H17ClN2O4/c1-21-7-6-17(10-3-4-10)14(20)16-9-2-5-12(15)11(8-9)13(18)19/h2,5,8,10H,3-4,6-7H2,1H3,(H,16,20)(H,18,19). The Kier molecular flexibility index (Phi) is 5.03. The van der Waals surface area contributed by atoms with Gasteiger partial charge in [0.15, 0.2) is 0 Å². The maximum atomic E-state index is 12.2. The molecular formula is C14H17ClN2O4. The van der Waals surface area contributed by atoms with E-state index in [1.807, 2.05) is 0 Å². The molecule has 1 aliphatic rings. The lowest BCUT2D eigenvalue weighted by Gasteiger charge is -2.22. The summed E-state index contributed by atoms with van der Waals surface area (Å²) >= 11 is 5.80. The molecule has 21 heavy (non-hydrogen) atoms. The Bertz CT molecular complexity index is 546. The highest BCUT2D eigenvalue weighted by Gasteiger charge is 2.32. The first-order valence-corrected chi connectivity index (χ1v) is 7.00. The Morgan fingerprint density at radius 1 is 1.48 bits per heavy atom. The molecule has 0 aliphatic heterocycles. The Balaban J connectivity index is 2.07. The first-order valence-electron chi connectivity index (χ1n) is 6.62. The smallest absolute Gasteiger partial charge is 0.337 e. The molecule has 0 heterocycles. The Labute approximate surface area is 127 Å². The lowest BCUT2D eigenvalue weighted by molar-refractivity contribution is 0.0697. The quantitative estimate of drug-likeness (QED) is 0.846. The summed E-state index contributed by atoms with van der Waals surface area (Å²) in [5.41, 5.74) is 0.370. The number of urea groups is 1. The molecule has 0 atom stereocenters. The summed E-state index contributed by atoms with van der Waals surface area (Å²) in [5, 5.41) is 11.9. The molecule has 2 rings (SSSR count). The molecule has 2 N–H and O–H groups in total. The topological polar surface area (TPSA) is 78.9 Å². The number of amides is 2. The van der Waals surface area contributed by atoms with E-state index in [1.165, 1.54) is 12.1 Å². The van der Waals surface area contributed by atoms with Crippen LogP contribution in [0.1, 0.15) is 23.2 Å². The van der Waals surface area contributed by atoms with Crippen LogP contribution in [0.5, 0.6) is 0 Å². The molecule has 0 saturated heterocycles. The molecular weight excluding hydrogens is 296 g/mol. The van der Waals surface area contributed by atoms with Crippen molar-refractivity contribution in [2.24, 2.45) is 0 Å². The fourth-order valence-electron chi connectivity index (χ4n) is 1.99. The van der Waals surface area contributed by atoms with Gasteiger partial charge in [-0.3, -0.25) is 0 Å². The third kappa shape index (κ3) is 4.09. The van der Waals surface area contributed by atoms with E-state index in [2.05, 4.69) is 5.32 Å². The fraction of sp³-hybridized carbons (Fsp3) is 0.429. The number of hydrogen-bond acceptors (Lipinski definition) is 3. The summed E-state index contributed by atoms with van der Waals surface area (Å²) in [5.74, 6) is -1.13. The van der Waals surface area contributed by atoms with Gasteiger partial charge in [-0.15, -0.1) is 0 Å². The van der Waals surface area contributed by atoms with Gasteiger partial charge in [-0.25, -0.2) is 9.59 Å². The number of nitrogens with one attached hydrogen (secondary N) is 1. The van der Waals surface area contributed by atoms with Crippen LogP contribution in [0.15, 0.2) is 18.2 Å². The zero-order chi connectivity index (χ0) is 15.4. The van der Waals surface area contributed by atoms with Gasteiger partial charge in [0, 0.05) is 25.4 Å². The molecule has 1 aromatic rings. The number of nitrogens with zero attached hydrogens (tertiary/aromatic N) is 1. The summed E-state index contributed by atoms with van der Waals surface area (Å²) in [6, 6.07) is 4.37. The minimum Gasteiger partial charge on any atom is -0.478 e. The van der Waals surface area contributed by atoms with Gasteiger partial charge >= 0.3 is 12.0 Å². The average molecular weight is 313 g/mol. The van der Waals surface area contributed by atoms with Crippen molar-refractivity contribution in [2.75, 3.05) is 25.6 Å². The van der Waals surface area contributed by atoms with E-state index in [-0.39, 0.29) is 22.7 Å². The number of rotatable bonds is 6. The molecule has 7 heteroatoms. The number of ether oxygens (including phenoxy) is 1. The number of benzene rings is 1. The molecule has 2 amide bonds. The summed E-state index contributed by atoms with van der Waals surface area (Å²) in [7, 11) is 1.58. The molecule has 1 fully saturated rings. The number of anilines is 1. The third-order valence-corrected chi connectivity index (χ3v) is 3.56. The molecule has 0 spiro atoms. The van der Waals surface area contributed by atoms with E-state index in [1.54, 1.807) is 18.1 Å². The van der Waals surface area contributed by atoms with Crippen molar-refractivity contribution in [1.82, 2.24) is 4.90 Å². The van der Waals surface area contributed by atoms with E-state index in [4.69, 9.17) is 21.4 Å². The van der Waals surface area contributed by atoms with Gasteiger partial charge in [-0.2, -0.15) is 0 Å². The maximum absolute atomic E-state index is 12.2. The molecule has 0 bridgehead atoms. The van der Waals surface area contributed by atoms with E-state index in [0.29, 0.717) is 18.8 Å². The number of methoxy groups -OCH3 is 1. The lowest BCUT2D eigenvalue weighted by atomic mass is 10.2. The van der Waals surface area contributed by atoms with Crippen LogP contribution >= 0.6 is 11.6 Å². The molecule has 0 unspecified atom stereocenters. The van der Waals surface area contributed by atoms with Crippen molar-refractivity contribution >= 4 is 29.3 Å². The largest absolute Gasteiger partial charge is 0.478 e. The van der Waals surface area contributed by atoms with Crippen molar-refractivity contribution in [1.29, 1.82) is 0 Å². The first kappa shape index (κ1) is 15.6. The number of aromatic carboxylic acids is 1. The molecule has 1 aliphatic carbocycles. The van der Waals surface area contributed by atoms with Gasteiger partial charge in [0.25, 0.3) is 0 Å². The monoisotopic (exact) mass is 312 g/mol. The van der Waals surface area contributed by atoms with Crippen LogP contribution in [-0.2, 0) is 4.74 Å². The number of halogens is 1. The van der Waals surface area contributed by atoms with Crippen molar-refractivity contribution in [2.45, 2.75) is 18.9 Å². The molecule has 114 valence electrons. The Morgan fingerprint density at radius 2 is 2.19 bits per heavy atom. The zero-order valence-corrected chi connectivity index (χ0v) is 12.4. The van der Waals surface area contributed by atoms with E-state index in [0.717, 1.165) is 12.8 Å². The van der Waals surface area contributed by atoms with Crippen molar-refractivity contribution < 1.29 is 19.4 Å².